The SMILES string of the molecule is Cc1cccc(-n2nc(NCc3ccccc3F)cc2-c2ccn3ncnc3c2)n1. The maximum absolute atomic E-state index is 14.0. The number of aryl methyl sites for hydroxylation is 1. The van der Waals surface area contributed by atoms with Crippen LogP contribution in [0.2, 0.25) is 0 Å². The van der Waals surface area contributed by atoms with E-state index in [-0.39, 0.29) is 5.82 Å². The lowest BCUT2D eigenvalue weighted by Crippen LogP contribution is -2.05. The highest BCUT2D eigenvalue weighted by Crippen LogP contribution is 2.26. The van der Waals surface area contributed by atoms with Crippen LogP contribution in [0.5, 0.6) is 0 Å². The molecule has 0 aliphatic rings. The minimum atomic E-state index is -0.248. The van der Waals surface area contributed by atoms with Crippen LogP contribution in [-0.4, -0.2) is 29.4 Å². The van der Waals surface area contributed by atoms with Gasteiger partial charge in [0.25, 0.3) is 0 Å². The molecule has 0 unspecified atom stereocenters. The first-order valence-corrected chi connectivity index (χ1v) is 9.48. The largest absolute Gasteiger partial charge is 0.364 e. The molecule has 0 spiro atoms. The topological polar surface area (TPSA) is 72.9 Å². The predicted molar refractivity (Wildman–Crippen MR) is 112 cm³/mol. The van der Waals surface area contributed by atoms with Crippen LogP contribution in [-0.2, 0) is 6.54 Å². The number of nitrogens with zero attached hydrogens (tertiary/aromatic N) is 6. The van der Waals surface area contributed by atoms with Gasteiger partial charge < -0.3 is 5.32 Å². The molecule has 0 saturated carbocycles. The number of aromatic nitrogens is 6. The number of fused-ring (bicyclic) bond motifs is 1. The Balaban J connectivity index is 1.56. The molecule has 4 aromatic heterocycles. The lowest BCUT2D eigenvalue weighted by Gasteiger charge is -2.07. The molecule has 0 aliphatic heterocycles. The van der Waals surface area contributed by atoms with Crippen molar-refractivity contribution in [3.05, 3.63) is 90.3 Å². The average molecular weight is 399 g/mol. The minimum Gasteiger partial charge on any atom is -0.364 e. The summed E-state index contributed by atoms with van der Waals surface area (Å²) in [5.41, 5.74) is 3.97. The number of benzene rings is 1. The van der Waals surface area contributed by atoms with Crippen LogP contribution in [0.3, 0.4) is 0 Å². The van der Waals surface area contributed by atoms with Crippen molar-refractivity contribution in [3.8, 4) is 17.1 Å². The fourth-order valence-corrected chi connectivity index (χ4v) is 3.30. The van der Waals surface area contributed by atoms with Gasteiger partial charge >= 0.3 is 0 Å². The Bertz CT molecular complexity index is 1340. The molecule has 8 heteroatoms. The van der Waals surface area contributed by atoms with Gasteiger partial charge in [-0.3, -0.25) is 0 Å². The zero-order valence-corrected chi connectivity index (χ0v) is 16.2. The molecule has 7 nitrogen and oxygen atoms in total. The van der Waals surface area contributed by atoms with E-state index in [4.69, 9.17) is 0 Å². The number of hydrogen-bond donors (Lipinski definition) is 1. The van der Waals surface area contributed by atoms with Crippen LogP contribution < -0.4 is 5.32 Å². The molecule has 0 radical (unpaired) electrons. The highest BCUT2D eigenvalue weighted by Gasteiger charge is 2.14. The molecular formula is C22H18FN7. The lowest BCUT2D eigenvalue weighted by atomic mass is 10.2. The molecule has 0 saturated heterocycles. The quantitative estimate of drug-likeness (QED) is 0.483. The molecule has 0 aliphatic carbocycles. The molecule has 5 rings (SSSR count). The van der Waals surface area contributed by atoms with E-state index >= 15 is 0 Å². The molecule has 148 valence electrons. The molecule has 4 heterocycles. The second kappa shape index (κ2) is 7.40. The predicted octanol–water partition coefficient (Wildman–Crippen LogP) is 4.04. The van der Waals surface area contributed by atoms with Gasteiger partial charge in [-0.2, -0.15) is 5.10 Å². The van der Waals surface area contributed by atoms with Gasteiger partial charge in [-0.1, -0.05) is 24.3 Å². The van der Waals surface area contributed by atoms with E-state index in [0.717, 1.165) is 22.6 Å². The van der Waals surface area contributed by atoms with E-state index in [1.165, 1.54) is 12.4 Å². The highest BCUT2D eigenvalue weighted by atomic mass is 19.1. The Labute approximate surface area is 171 Å². The van der Waals surface area contributed by atoms with Crippen molar-refractivity contribution in [2.75, 3.05) is 5.32 Å². The Morgan fingerprint density at radius 1 is 1.03 bits per heavy atom. The van der Waals surface area contributed by atoms with Gasteiger partial charge in [0.2, 0.25) is 0 Å². The maximum atomic E-state index is 14.0. The number of rotatable bonds is 5. The molecular weight excluding hydrogens is 381 g/mol. The summed E-state index contributed by atoms with van der Waals surface area (Å²) in [6, 6.07) is 18.3. The number of anilines is 1. The summed E-state index contributed by atoms with van der Waals surface area (Å²) in [5, 5.41) is 12.0. The highest BCUT2D eigenvalue weighted by molar-refractivity contribution is 5.68. The van der Waals surface area contributed by atoms with E-state index in [1.54, 1.807) is 21.3 Å². The Morgan fingerprint density at radius 3 is 2.80 bits per heavy atom. The summed E-state index contributed by atoms with van der Waals surface area (Å²) >= 11 is 0. The van der Waals surface area contributed by atoms with Crippen molar-refractivity contribution in [1.29, 1.82) is 0 Å². The van der Waals surface area contributed by atoms with Crippen molar-refractivity contribution in [1.82, 2.24) is 29.4 Å². The third-order valence-electron chi connectivity index (χ3n) is 4.79. The van der Waals surface area contributed by atoms with E-state index in [9.17, 15) is 4.39 Å². The Kier molecular flexibility index (Phi) is 4.44. The van der Waals surface area contributed by atoms with Crippen LogP contribution in [0.4, 0.5) is 10.2 Å². The fourth-order valence-electron chi connectivity index (χ4n) is 3.30. The molecule has 0 fully saturated rings. The van der Waals surface area contributed by atoms with Crippen molar-refractivity contribution >= 4 is 11.5 Å². The monoisotopic (exact) mass is 399 g/mol. The van der Waals surface area contributed by atoms with Crippen molar-refractivity contribution in [3.63, 3.8) is 0 Å². The molecule has 1 N–H and O–H groups in total. The van der Waals surface area contributed by atoms with Crippen LogP contribution in [0.15, 0.2) is 73.2 Å². The summed E-state index contributed by atoms with van der Waals surface area (Å²) in [6.07, 6.45) is 3.37. The third-order valence-corrected chi connectivity index (χ3v) is 4.79. The second-order valence-corrected chi connectivity index (χ2v) is 6.89. The first kappa shape index (κ1) is 18.0. The summed E-state index contributed by atoms with van der Waals surface area (Å²) in [7, 11) is 0. The molecule has 0 bridgehead atoms. The number of hydrogen-bond acceptors (Lipinski definition) is 5. The van der Waals surface area contributed by atoms with Crippen LogP contribution >= 0.6 is 0 Å². The lowest BCUT2D eigenvalue weighted by molar-refractivity contribution is 0.613. The van der Waals surface area contributed by atoms with Gasteiger partial charge in [0, 0.05) is 35.6 Å². The Morgan fingerprint density at radius 2 is 1.93 bits per heavy atom. The fraction of sp³-hybridized carbons (Fsp3) is 0.0909. The zero-order chi connectivity index (χ0) is 20.5. The van der Waals surface area contributed by atoms with E-state index in [2.05, 4.69) is 25.5 Å². The van der Waals surface area contributed by atoms with E-state index in [0.29, 0.717) is 23.7 Å². The minimum absolute atomic E-state index is 0.248. The smallest absolute Gasteiger partial charge is 0.155 e. The van der Waals surface area contributed by atoms with Crippen molar-refractivity contribution < 1.29 is 4.39 Å². The van der Waals surface area contributed by atoms with Crippen LogP contribution in [0.25, 0.3) is 22.7 Å². The van der Waals surface area contributed by atoms with Gasteiger partial charge in [-0.25, -0.2) is 23.6 Å². The maximum Gasteiger partial charge on any atom is 0.155 e. The summed E-state index contributed by atoms with van der Waals surface area (Å²) in [5.74, 6) is 1.07. The first-order chi connectivity index (χ1) is 14.7. The third kappa shape index (κ3) is 3.39. The number of pyridine rings is 2. The van der Waals surface area contributed by atoms with Crippen molar-refractivity contribution in [2.24, 2.45) is 0 Å². The van der Waals surface area contributed by atoms with E-state index < -0.39 is 0 Å². The zero-order valence-electron chi connectivity index (χ0n) is 16.2. The van der Waals surface area contributed by atoms with Gasteiger partial charge in [-0.15, -0.1) is 5.10 Å². The molecule has 0 amide bonds. The molecule has 30 heavy (non-hydrogen) atoms. The molecule has 1 aromatic carbocycles. The number of nitrogens with one attached hydrogen (secondary N) is 1. The van der Waals surface area contributed by atoms with Gasteiger partial charge in [0.05, 0.1) is 5.69 Å². The Hall–Kier alpha value is -4.07. The molecule has 5 aromatic rings. The number of halogens is 1. The molecule has 0 atom stereocenters. The van der Waals surface area contributed by atoms with Gasteiger partial charge in [0.1, 0.15) is 18.0 Å². The second-order valence-electron chi connectivity index (χ2n) is 6.89. The standard InChI is InChI=1S/C22H18FN7/c1-15-5-4-8-21(27-15)30-19(16-9-10-29-22(11-16)25-14-26-29)12-20(28-30)24-13-17-6-2-3-7-18(17)23/h2-12,14H,13H2,1H3,(H,24,28). The van der Waals surface area contributed by atoms with Crippen LogP contribution in [0.1, 0.15) is 11.3 Å². The van der Waals surface area contributed by atoms with Crippen molar-refractivity contribution in [2.45, 2.75) is 13.5 Å². The van der Waals surface area contributed by atoms with Gasteiger partial charge in [0.15, 0.2) is 11.5 Å². The normalized spacial score (nSPS) is 11.1. The van der Waals surface area contributed by atoms with Gasteiger partial charge in [-0.05, 0) is 37.3 Å². The summed E-state index contributed by atoms with van der Waals surface area (Å²) < 4.78 is 17.5. The van der Waals surface area contributed by atoms with Crippen LogP contribution in [0, 0.1) is 12.7 Å². The first-order valence-electron chi connectivity index (χ1n) is 9.48. The summed E-state index contributed by atoms with van der Waals surface area (Å²) in [6.45, 7) is 2.26. The summed E-state index contributed by atoms with van der Waals surface area (Å²) in [4.78, 5) is 8.87. The average Bonchev–Trinajstić information content (AvgIpc) is 3.39. The van der Waals surface area contributed by atoms with E-state index in [1.807, 2.05) is 55.6 Å².